The van der Waals surface area contributed by atoms with Crippen LogP contribution >= 0.6 is 0 Å². The van der Waals surface area contributed by atoms with Gasteiger partial charge in [-0.3, -0.25) is 4.79 Å². The third-order valence-electron chi connectivity index (χ3n) is 1.78. The average Bonchev–Trinajstić information content (AvgIpc) is 2.30. The molecule has 0 radical (unpaired) electrons. The molecule has 0 aromatic rings. The van der Waals surface area contributed by atoms with Gasteiger partial charge in [0.25, 0.3) is 0 Å². The van der Waals surface area contributed by atoms with Gasteiger partial charge in [0.15, 0.2) is 0 Å². The van der Waals surface area contributed by atoms with E-state index in [1.165, 1.54) is 0 Å². The number of amides is 1. The van der Waals surface area contributed by atoms with Gasteiger partial charge in [-0.1, -0.05) is 19.0 Å². The Kier molecular flexibility index (Phi) is 8.52. The first-order valence-corrected chi connectivity index (χ1v) is 5.25. The number of azide groups is 1. The molecule has 0 spiro atoms. The summed E-state index contributed by atoms with van der Waals surface area (Å²) >= 11 is 0. The summed E-state index contributed by atoms with van der Waals surface area (Å²) in [5.74, 6) is -0.287. The summed E-state index contributed by atoms with van der Waals surface area (Å²) in [6.07, 6.45) is 2.74. The maximum atomic E-state index is 11.0. The van der Waals surface area contributed by atoms with E-state index in [4.69, 9.17) is 10.3 Å². The third-order valence-corrected chi connectivity index (χ3v) is 1.78. The lowest BCUT2D eigenvalue weighted by Crippen LogP contribution is -2.39. The highest BCUT2D eigenvalue weighted by Gasteiger charge is 2.14. The van der Waals surface area contributed by atoms with E-state index in [2.05, 4.69) is 15.3 Å². The number of rotatable bonds is 3. The predicted molar refractivity (Wildman–Crippen MR) is 57.1 cm³/mol. The highest BCUT2D eigenvalue weighted by Crippen LogP contribution is 2.09. The van der Waals surface area contributed by atoms with Gasteiger partial charge in [0, 0.05) is 11.5 Å². The number of hydrogen-bond acceptors (Lipinski definition) is 3. The quantitative estimate of drug-likeness (QED) is 0.442. The maximum Gasteiger partial charge on any atom is 0.227 e. The lowest BCUT2D eigenvalue weighted by Gasteiger charge is -2.22. The largest absolute Gasteiger partial charge is 0.359 e. The van der Waals surface area contributed by atoms with Crippen molar-refractivity contribution in [3.63, 3.8) is 0 Å². The number of ether oxygens (including phenoxy) is 1. The van der Waals surface area contributed by atoms with Crippen LogP contribution in [-0.4, -0.2) is 25.3 Å². The second-order valence-electron chi connectivity index (χ2n) is 2.81. The second kappa shape index (κ2) is 9.30. The number of carbonyl (C=O) groups is 1. The Bertz CT molecular complexity index is 220. The molecule has 6 heteroatoms. The normalized spacial score (nSPS) is 19.2. The molecule has 0 saturated carbocycles. The van der Waals surface area contributed by atoms with Crippen LogP contribution < -0.4 is 5.32 Å². The molecular formula is C9H18N4O2. The third kappa shape index (κ3) is 6.76. The predicted octanol–water partition coefficient (Wildman–Crippen LogP) is 1.97. The Morgan fingerprint density at radius 3 is 2.87 bits per heavy atom. The van der Waals surface area contributed by atoms with E-state index in [0.29, 0.717) is 6.61 Å². The standard InChI is InChI=1S/C7H12N4O2.C2H6/c8-11-9-5-6(12)10-7-3-1-2-4-13-7;1-2/h7H,1-5H2,(H,10,12);1-2H3/t7-;/m1./s1. The monoisotopic (exact) mass is 214 g/mol. The smallest absolute Gasteiger partial charge is 0.227 e. The number of nitrogens with one attached hydrogen (secondary N) is 1. The molecule has 1 aliphatic heterocycles. The van der Waals surface area contributed by atoms with Crippen LogP contribution in [0.3, 0.4) is 0 Å². The van der Waals surface area contributed by atoms with Gasteiger partial charge in [-0.05, 0) is 24.8 Å². The van der Waals surface area contributed by atoms with E-state index in [9.17, 15) is 4.79 Å². The molecule has 86 valence electrons. The topological polar surface area (TPSA) is 87.1 Å². The highest BCUT2D eigenvalue weighted by molar-refractivity contribution is 5.78. The molecule has 0 aliphatic carbocycles. The van der Waals surface area contributed by atoms with Crippen LogP contribution in [-0.2, 0) is 9.53 Å². The summed E-state index contributed by atoms with van der Waals surface area (Å²) in [7, 11) is 0. The summed E-state index contributed by atoms with van der Waals surface area (Å²) < 4.78 is 5.26. The van der Waals surface area contributed by atoms with Crippen molar-refractivity contribution in [2.24, 2.45) is 5.11 Å². The van der Waals surface area contributed by atoms with E-state index >= 15 is 0 Å². The van der Waals surface area contributed by atoms with Crippen molar-refractivity contribution < 1.29 is 9.53 Å². The lowest BCUT2D eigenvalue weighted by molar-refractivity contribution is -0.125. The average molecular weight is 214 g/mol. The summed E-state index contributed by atoms with van der Waals surface area (Å²) in [6.45, 7) is 4.53. The van der Waals surface area contributed by atoms with Crippen LogP contribution in [0.2, 0.25) is 0 Å². The van der Waals surface area contributed by atoms with Gasteiger partial charge in [-0.2, -0.15) is 0 Å². The molecule has 6 nitrogen and oxygen atoms in total. The molecule has 1 heterocycles. The van der Waals surface area contributed by atoms with E-state index in [1.807, 2.05) is 13.8 Å². The Hall–Kier alpha value is -1.26. The molecule has 0 unspecified atom stereocenters. The fourth-order valence-corrected chi connectivity index (χ4v) is 1.18. The maximum absolute atomic E-state index is 11.0. The molecule has 1 aliphatic rings. The van der Waals surface area contributed by atoms with Crippen LogP contribution in [0.5, 0.6) is 0 Å². The SMILES string of the molecule is CC.[N-]=[N+]=NCC(=O)N[C@H]1CCCCO1. The Morgan fingerprint density at radius 1 is 1.60 bits per heavy atom. The van der Waals surface area contributed by atoms with Gasteiger partial charge >= 0.3 is 0 Å². The first kappa shape index (κ1) is 13.7. The summed E-state index contributed by atoms with van der Waals surface area (Å²) in [6, 6.07) is 0. The van der Waals surface area contributed by atoms with Gasteiger partial charge in [-0.25, -0.2) is 0 Å². The molecule has 1 N–H and O–H groups in total. The molecule has 1 saturated heterocycles. The van der Waals surface area contributed by atoms with E-state index < -0.39 is 0 Å². The molecule has 1 amide bonds. The van der Waals surface area contributed by atoms with Gasteiger partial charge in [0.1, 0.15) is 12.8 Å². The summed E-state index contributed by atoms with van der Waals surface area (Å²) in [4.78, 5) is 13.5. The van der Waals surface area contributed by atoms with E-state index in [-0.39, 0.29) is 18.7 Å². The highest BCUT2D eigenvalue weighted by atomic mass is 16.5. The Labute approximate surface area is 89.6 Å². The van der Waals surface area contributed by atoms with Crippen molar-refractivity contribution in [2.75, 3.05) is 13.2 Å². The van der Waals surface area contributed by atoms with Crippen molar-refractivity contribution in [3.05, 3.63) is 10.4 Å². The summed E-state index contributed by atoms with van der Waals surface area (Å²) in [5.41, 5.74) is 7.97. The van der Waals surface area contributed by atoms with Crippen molar-refractivity contribution in [1.29, 1.82) is 0 Å². The van der Waals surface area contributed by atoms with Crippen LogP contribution in [0.4, 0.5) is 0 Å². The Balaban J connectivity index is 0.000000921. The minimum Gasteiger partial charge on any atom is -0.359 e. The van der Waals surface area contributed by atoms with Crippen molar-refractivity contribution in [3.8, 4) is 0 Å². The molecule has 15 heavy (non-hydrogen) atoms. The molecule has 0 aromatic carbocycles. The van der Waals surface area contributed by atoms with Crippen LogP contribution in [0.1, 0.15) is 33.1 Å². The number of nitrogens with zero attached hydrogens (tertiary/aromatic N) is 3. The second-order valence-corrected chi connectivity index (χ2v) is 2.81. The zero-order valence-corrected chi connectivity index (χ0v) is 9.27. The van der Waals surface area contributed by atoms with Gasteiger partial charge < -0.3 is 10.1 Å². The summed E-state index contributed by atoms with van der Waals surface area (Å²) in [5, 5.41) is 5.78. The number of hydrogen-bond donors (Lipinski definition) is 1. The van der Waals surface area contributed by atoms with Crippen LogP contribution in [0.15, 0.2) is 5.11 Å². The minimum atomic E-state index is -0.287. The molecule has 1 atom stereocenters. The fraction of sp³-hybridized carbons (Fsp3) is 0.889. The minimum absolute atomic E-state index is 0.156. The fourth-order valence-electron chi connectivity index (χ4n) is 1.18. The molecule has 0 aromatic heterocycles. The first-order valence-electron chi connectivity index (χ1n) is 5.25. The van der Waals surface area contributed by atoms with Crippen molar-refractivity contribution >= 4 is 5.91 Å². The van der Waals surface area contributed by atoms with Gasteiger partial charge in [0.05, 0.1) is 0 Å². The first-order chi connectivity index (χ1) is 7.33. The van der Waals surface area contributed by atoms with Crippen LogP contribution in [0.25, 0.3) is 10.4 Å². The van der Waals surface area contributed by atoms with Crippen LogP contribution in [0, 0.1) is 0 Å². The van der Waals surface area contributed by atoms with E-state index in [0.717, 1.165) is 19.3 Å². The Morgan fingerprint density at radius 2 is 2.33 bits per heavy atom. The van der Waals surface area contributed by atoms with E-state index in [1.54, 1.807) is 0 Å². The lowest BCUT2D eigenvalue weighted by atomic mass is 10.2. The molecule has 0 bridgehead atoms. The molecule has 1 rings (SSSR count). The zero-order chi connectivity index (χ0) is 11.5. The van der Waals surface area contributed by atoms with Gasteiger partial charge in [0.2, 0.25) is 5.91 Å². The molecular weight excluding hydrogens is 196 g/mol. The zero-order valence-electron chi connectivity index (χ0n) is 9.27. The van der Waals surface area contributed by atoms with Crippen molar-refractivity contribution in [1.82, 2.24) is 5.32 Å². The van der Waals surface area contributed by atoms with Gasteiger partial charge in [-0.15, -0.1) is 0 Å². The molecule has 1 fully saturated rings. The van der Waals surface area contributed by atoms with Crippen molar-refractivity contribution in [2.45, 2.75) is 39.3 Å². The number of carbonyl (C=O) groups excluding carboxylic acids is 1.